The smallest absolute Gasteiger partial charge is 0.0624 e. The minimum Gasteiger partial charge on any atom is -0.383 e. The molecule has 1 aromatic heterocycles. The van der Waals surface area contributed by atoms with Gasteiger partial charge in [0, 0.05) is 45.0 Å². The Balaban J connectivity index is 2.02. The normalized spacial score (nSPS) is 22.6. The van der Waals surface area contributed by atoms with Crippen molar-refractivity contribution in [2.45, 2.75) is 32.6 Å². The van der Waals surface area contributed by atoms with Gasteiger partial charge in [0.15, 0.2) is 0 Å². The second-order valence-electron chi connectivity index (χ2n) is 6.11. The molecule has 0 aliphatic carbocycles. The van der Waals surface area contributed by atoms with Crippen LogP contribution in [0, 0.1) is 5.41 Å². The Hall–Kier alpha value is -0.910. The lowest BCUT2D eigenvalue weighted by Gasteiger charge is -2.37. The molecule has 0 spiro atoms. The van der Waals surface area contributed by atoms with Gasteiger partial charge in [-0.25, -0.2) is 0 Å². The van der Waals surface area contributed by atoms with E-state index in [4.69, 9.17) is 9.47 Å². The van der Waals surface area contributed by atoms with Gasteiger partial charge in [0.2, 0.25) is 0 Å². The molecule has 1 aliphatic heterocycles. The van der Waals surface area contributed by atoms with Gasteiger partial charge in [0.05, 0.1) is 18.9 Å². The average Bonchev–Trinajstić information content (AvgIpc) is 2.85. The van der Waals surface area contributed by atoms with Gasteiger partial charge in [0.25, 0.3) is 0 Å². The Morgan fingerprint density at radius 2 is 2.38 bits per heavy atom. The summed E-state index contributed by atoms with van der Waals surface area (Å²) in [4.78, 5) is 0. The lowest BCUT2D eigenvalue weighted by Crippen LogP contribution is -2.43. The van der Waals surface area contributed by atoms with E-state index < -0.39 is 0 Å². The highest BCUT2D eigenvalue weighted by Crippen LogP contribution is 2.32. The molecule has 0 amide bonds. The summed E-state index contributed by atoms with van der Waals surface area (Å²) in [5.41, 5.74) is 2.67. The highest BCUT2D eigenvalue weighted by Gasteiger charge is 2.33. The highest BCUT2D eigenvalue weighted by atomic mass is 16.5. The average molecular weight is 295 g/mol. The van der Waals surface area contributed by atoms with E-state index in [0.29, 0.717) is 0 Å². The van der Waals surface area contributed by atoms with Crippen LogP contribution in [0.15, 0.2) is 6.07 Å². The quantitative estimate of drug-likeness (QED) is 0.739. The van der Waals surface area contributed by atoms with Gasteiger partial charge in [-0.1, -0.05) is 6.92 Å². The van der Waals surface area contributed by atoms with Crippen molar-refractivity contribution >= 4 is 0 Å². The van der Waals surface area contributed by atoms with Crippen LogP contribution >= 0.6 is 0 Å². The number of nitrogens with zero attached hydrogens (tertiary/aromatic N) is 2. The molecule has 2 heterocycles. The molecule has 1 aromatic rings. The van der Waals surface area contributed by atoms with Crippen molar-refractivity contribution in [2.75, 3.05) is 40.0 Å². The highest BCUT2D eigenvalue weighted by molar-refractivity contribution is 5.13. The predicted octanol–water partition coefficient (Wildman–Crippen LogP) is 1.56. The topological polar surface area (TPSA) is 48.3 Å². The van der Waals surface area contributed by atoms with E-state index in [0.717, 1.165) is 52.2 Å². The van der Waals surface area contributed by atoms with Crippen LogP contribution in [0.1, 0.15) is 31.2 Å². The number of hydrogen-bond acceptors (Lipinski definition) is 4. The molecular formula is C16H29N3O2. The Morgan fingerprint density at radius 3 is 3.00 bits per heavy atom. The van der Waals surface area contributed by atoms with Gasteiger partial charge in [0.1, 0.15) is 0 Å². The standard InChI is InChI=1S/C16H29N3O2/c1-4-14-10-15(19(2)18-14)11-16(6-5-8-21-13-16)12-17-7-9-20-3/h10,17H,4-9,11-13H2,1-3H3. The number of aromatic nitrogens is 2. The summed E-state index contributed by atoms with van der Waals surface area (Å²) >= 11 is 0. The number of hydrogen-bond donors (Lipinski definition) is 1. The third kappa shape index (κ3) is 4.53. The third-order valence-corrected chi connectivity index (χ3v) is 4.33. The molecule has 0 saturated carbocycles. The van der Waals surface area contributed by atoms with Crippen LogP contribution in [0.25, 0.3) is 0 Å². The number of nitrogens with one attached hydrogen (secondary N) is 1. The number of aryl methyl sites for hydroxylation is 2. The van der Waals surface area contributed by atoms with Crippen LogP contribution in [-0.2, 0) is 29.4 Å². The van der Waals surface area contributed by atoms with E-state index in [2.05, 4.69) is 23.4 Å². The van der Waals surface area contributed by atoms with E-state index in [1.807, 2.05) is 11.7 Å². The van der Waals surface area contributed by atoms with Crippen molar-refractivity contribution in [3.8, 4) is 0 Å². The van der Waals surface area contributed by atoms with Crippen molar-refractivity contribution in [3.63, 3.8) is 0 Å². The van der Waals surface area contributed by atoms with E-state index in [1.165, 1.54) is 17.8 Å². The summed E-state index contributed by atoms with van der Waals surface area (Å²) in [5.74, 6) is 0. The minimum atomic E-state index is 0.185. The maximum atomic E-state index is 5.79. The summed E-state index contributed by atoms with van der Waals surface area (Å²) in [6, 6.07) is 2.24. The van der Waals surface area contributed by atoms with E-state index in [-0.39, 0.29) is 5.41 Å². The van der Waals surface area contributed by atoms with Gasteiger partial charge in [-0.15, -0.1) is 0 Å². The maximum absolute atomic E-state index is 5.79. The molecule has 0 bridgehead atoms. The largest absolute Gasteiger partial charge is 0.383 e. The fourth-order valence-electron chi connectivity index (χ4n) is 3.07. The summed E-state index contributed by atoms with van der Waals surface area (Å²) < 4.78 is 12.9. The molecule has 2 rings (SSSR count). The second kappa shape index (κ2) is 7.92. The predicted molar refractivity (Wildman–Crippen MR) is 83.5 cm³/mol. The van der Waals surface area contributed by atoms with Crippen molar-refractivity contribution in [1.82, 2.24) is 15.1 Å². The first-order chi connectivity index (χ1) is 10.2. The molecule has 0 radical (unpaired) electrons. The SMILES string of the molecule is CCc1cc(CC2(CNCCOC)CCCOC2)n(C)n1. The van der Waals surface area contributed by atoms with Crippen LogP contribution in [0.5, 0.6) is 0 Å². The maximum Gasteiger partial charge on any atom is 0.0624 e. The fraction of sp³-hybridized carbons (Fsp3) is 0.812. The zero-order chi connectivity index (χ0) is 15.1. The third-order valence-electron chi connectivity index (χ3n) is 4.33. The molecule has 5 heteroatoms. The molecule has 1 fully saturated rings. The van der Waals surface area contributed by atoms with Crippen molar-refractivity contribution in [3.05, 3.63) is 17.5 Å². The van der Waals surface area contributed by atoms with Crippen LogP contribution in [0.3, 0.4) is 0 Å². The molecule has 21 heavy (non-hydrogen) atoms. The van der Waals surface area contributed by atoms with Gasteiger partial charge < -0.3 is 14.8 Å². The molecule has 1 unspecified atom stereocenters. The number of ether oxygens (including phenoxy) is 2. The lowest BCUT2D eigenvalue weighted by atomic mass is 9.78. The number of methoxy groups -OCH3 is 1. The van der Waals surface area contributed by atoms with Gasteiger partial charge in [-0.2, -0.15) is 5.10 Å². The van der Waals surface area contributed by atoms with Gasteiger partial charge in [-0.05, 0) is 31.7 Å². The Bertz CT molecular complexity index is 425. The first kappa shape index (κ1) is 16.5. The summed E-state index contributed by atoms with van der Waals surface area (Å²) in [7, 11) is 3.79. The molecule has 1 atom stereocenters. The van der Waals surface area contributed by atoms with Crippen LogP contribution in [0.4, 0.5) is 0 Å². The Morgan fingerprint density at radius 1 is 1.52 bits per heavy atom. The zero-order valence-corrected chi connectivity index (χ0v) is 13.7. The Labute approximate surface area is 128 Å². The van der Waals surface area contributed by atoms with Gasteiger partial charge >= 0.3 is 0 Å². The monoisotopic (exact) mass is 295 g/mol. The Kier molecular flexibility index (Phi) is 6.21. The zero-order valence-electron chi connectivity index (χ0n) is 13.7. The molecule has 0 aromatic carbocycles. The molecular weight excluding hydrogens is 266 g/mol. The van der Waals surface area contributed by atoms with E-state index >= 15 is 0 Å². The van der Waals surface area contributed by atoms with Crippen molar-refractivity contribution in [2.24, 2.45) is 12.5 Å². The summed E-state index contributed by atoms with van der Waals surface area (Å²) in [5, 5.41) is 8.09. The lowest BCUT2D eigenvalue weighted by molar-refractivity contribution is -0.00859. The first-order valence-electron chi connectivity index (χ1n) is 7.98. The van der Waals surface area contributed by atoms with Crippen LogP contribution in [-0.4, -0.2) is 49.8 Å². The molecule has 120 valence electrons. The van der Waals surface area contributed by atoms with Gasteiger partial charge in [-0.3, -0.25) is 4.68 Å². The van der Waals surface area contributed by atoms with Crippen LogP contribution in [0.2, 0.25) is 0 Å². The molecule has 5 nitrogen and oxygen atoms in total. The first-order valence-corrected chi connectivity index (χ1v) is 7.98. The van der Waals surface area contributed by atoms with E-state index in [1.54, 1.807) is 7.11 Å². The molecule has 1 aliphatic rings. The second-order valence-corrected chi connectivity index (χ2v) is 6.11. The van der Waals surface area contributed by atoms with Crippen LogP contribution < -0.4 is 5.32 Å². The number of rotatable bonds is 8. The van der Waals surface area contributed by atoms with Crippen molar-refractivity contribution < 1.29 is 9.47 Å². The van der Waals surface area contributed by atoms with Crippen molar-refractivity contribution in [1.29, 1.82) is 0 Å². The fourth-order valence-corrected chi connectivity index (χ4v) is 3.07. The summed E-state index contributed by atoms with van der Waals surface area (Å²) in [6.45, 7) is 6.50. The summed E-state index contributed by atoms with van der Waals surface area (Å²) in [6.07, 6.45) is 4.37. The minimum absolute atomic E-state index is 0.185. The van der Waals surface area contributed by atoms with E-state index in [9.17, 15) is 0 Å². The molecule has 1 N–H and O–H groups in total. The molecule has 1 saturated heterocycles.